The van der Waals surface area contributed by atoms with Gasteiger partial charge < -0.3 is 4.90 Å². The Morgan fingerprint density at radius 3 is 2.33 bits per heavy atom. The molecular weight excluding hydrogens is 415 g/mol. The Kier molecular flexibility index (Phi) is 7.28. The number of carbonyl (C=O) groups excluding carboxylic acids is 2. The van der Waals surface area contributed by atoms with Crippen molar-refractivity contribution in [3.63, 3.8) is 0 Å². The summed E-state index contributed by atoms with van der Waals surface area (Å²) in [5.41, 5.74) is 4.41. The van der Waals surface area contributed by atoms with Crippen LogP contribution in [-0.4, -0.2) is 47.2 Å². The summed E-state index contributed by atoms with van der Waals surface area (Å²) < 4.78 is 14.5. The number of piperazine rings is 1. The molecule has 1 heterocycles. The highest BCUT2D eigenvalue weighted by Gasteiger charge is 2.33. The number of nitrogens with zero attached hydrogens (tertiary/aromatic N) is 2. The van der Waals surface area contributed by atoms with E-state index >= 15 is 0 Å². The quantitative estimate of drug-likeness (QED) is 0.576. The molecule has 0 unspecified atom stereocenters. The molecule has 5 heteroatoms. The molecule has 1 saturated heterocycles. The Bertz CT molecular complexity index is 1010. The predicted octanol–water partition coefficient (Wildman–Crippen LogP) is 5.09. The molecule has 2 aromatic carbocycles. The average molecular weight is 451 g/mol. The lowest BCUT2D eigenvalue weighted by molar-refractivity contribution is -0.140. The van der Waals surface area contributed by atoms with E-state index in [0.29, 0.717) is 18.0 Å². The van der Waals surface area contributed by atoms with Gasteiger partial charge in [-0.2, -0.15) is 0 Å². The number of amides is 1. The van der Waals surface area contributed by atoms with Crippen LogP contribution in [0.15, 0.2) is 36.4 Å². The molecule has 33 heavy (non-hydrogen) atoms. The van der Waals surface area contributed by atoms with Gasteiger partial charge in [0.2, 0.25) is 5.91 Å². The summed E-state index contributed by atoms with van der Waals surface area (Å²) in [6, 6.07) is 10.8. The van der Waals surface area contributed by atoms with Gasteiger partial charge in [0.25, 0.3) is 0 Å². The van der Waals surface area contributed by atoms with Crippen molar-refractivity contribution in [3.05, 3.63) is 70.0 Å². The molecule has 2 aromatic rings. The van der Waals surface area contributed by atoms with Crippen molar-refractivity contribution in [1.29, 1.82) is 0 Å². The lowest BCUT2D eigenvalue weighted by Gasteiger charge is -2.41. The van der Waals surface area contributed by atoms with Gasteiger partial charge in [0.05, 0.1) is 0 Å². The Hall–Kier alpha value is -2.53. The minimum atomic E-state index is -0.301. The molecule has 2 fully saturated rings. The third-order valence-electron chi connectivity index (χ3n) is 7.41. The van der Waals surface area contributed by atoms with Crippen molar-refractivity contribution in [2.45, 2.75) is 65.5 Å². The van der Waals surface area contributed by atoms with Crippen LogP contribution < -0.4 is 0 Å². The van der Waals surface area contributed by atoms with E-state index in [0.717, 1.165) is 54.7 Å². The van der Waals surface area contributed by atoms with Crippen molar-refractivity contribution in [2.24, 2.45) is 5.92 Å². The van der Waals surface area contributed by atoms with Gasteiger partial charge in [-0.1, -0.05) is 42.7 Å². The van der Waals surface area contributed by atoms with E-state index in [1.165, 1.54) is 18.9 Å². The van der Waals surface area contributed by atoms with Crippen LogP contribution in [-0.2, 0) is 17.8 Å². The summed E-state index contributed by atoms with van der Waals surface area (Å²) in [4.78, 5) is 30.0. The van der Waals surface area contributed by atoms with Crippen molar-refractivity contribution in [2.75, 3.05) is 19.6 Å². The normalized spacial score (nSPS) is 19.8. The van der Waals surface area contributed by atoms with Crippen LogP contribution in [0.4, 0.5) is 4.39 Å². The third-order valence-corrected chi connectivity index (χ3v) is 7.41. The summed E-state index contributed by atoms with van der Waals surface area (Å²) >= 11 is 0. The van der Waals surface area contributed by atoms with Gasteiger partial charge in [0.15, 0.2) is 5.78 Å². The molecule has 1 aliphatic heterocycles. The molecule has 2 aliphatic rings. The van der Waals surface area contributed by atoms with Crippen molar-refractivity contribution in [3.8, 4) is 0 Å². The average Bonchev–Trinajstić information content (AvgIpc) is 3.32. The summed E-state index contributed by atoms with van der Waals surface area (Å²) in [5.74, 6) is 0.226. The maximum absolute atomic E-state index is 14.5. The van der Waals surface area contributed by atoms with Gasteiger partial charge in [0.1, 0.15) is 5.82 Å². The van der Waals surface area contributed by atoms with Crippen molar-refractivity contribution < 1.29 is 14.0 Å². The zero-order chi connectivity index (χ0) is 23.5. The van der Waals surface area contributed by atoms with E-state index in [9.17, 15) is 14.0 Å². The molecule has 1 aliphatic carbocycles. The van der Waals surface area contributed by atoms with Gasteiger partial charge in [-0.15, -0.1) is 0 Å². The number of hydrogen-bond donors (Lipinski definition) is 0. The SMILES string of the molecule is Cc1ccc(C(=O)Cc2cc(F)cc(CN3CCN(C(=O)C4CCCC4)[C@@H](C)C3)c2C)cc1. The monoisotopic (exact) mass is 450 g/mol. The molecule has 0 spiro atoms. The first-order valence-corrected chi connectivity index (χ1v) is 12.2. The highest BCUT2D eigenvalue weighted by molar-refractivity contribution is 5.97. The number of Topliss-reactive ketones (excluding diaryl/α,β-unsaturated/α-hetero) is 1. The highest BCUT2D eigenvalue weighted by Crippen LogP contribution is 2.28. The van der Waals surface area contributed by atoms with E-state index in [4.69, 9.17) is 0 Å². The van der Waals surface area contributed by atoms with E-state index in [2.05, 4.69) is 16.7 Å². The van der Waals surface area contributed by atoms with Crippen LogP contribution in [0.1, 0.15) is 65.2 Å². The Morgan fingerprint density at radius 1 is 1.00 bits per heavy atom. The second-order valence-electron chi connectivity index (χ2n) is 9.91. The number of benzene rings is 2. The Morgan fingerprint density at radius 2 is 1.67 bits per heavy atom. The molecule has 1 atom stereocenters. The van der Waals surface area contributed by atoms with E-state index in [-0.39, 0.29) is 30.0 Å². The molecule has 0 radical (unpaired) electrons. The van der Waals surface area contributed by atoms with Crippen molar-refractivity contribution in [1.82, 2.24) is 9.80 Å². The van der Waals surface area contributed by atoms with Crippen molar-refractivity contribution >= 4 is 11.7 Å². The second kappa shape index (κ2) is 10.2. The van der Waals surface area contributed by atoms with Crippen LogP contribution >= 0.6 is 0 Å². The molecule has 0 aromatic heterocycles. The first-order valence-electron chi connectivity index (χ1n) is 12.2. The Labute approximate surface area is 196 Å². The largest absolute Gasteiger partial charge is 0.337 e. The van der Waals surface area contributed by atoms with Gasteiger partial charge in [0, 0.05) is 50.1 Å². The molecule has 1 saturated carbocycles. The first kappa shape index (κ1) is 23.6. The number of hydrogen-bond acceptors (Lipinski definition) is 3. The molecule has 4 nitrogen and oxygen atoms in total. The van der Waals surface area contributed by atoms with Crippen LogP contribution in [0.2, 0.25) is 0 Å². The smallest absolute Gasteiger partial charge is 0.226 e. The van der Waals surface area contributed by atoms with E-state index in [1.807, 2.05) is 38.1 Å². The topological polar surface area (TPSA) is 40.6 Å². The number of rotatable bonds is 6. The van der Waals surface area contributed by atoms with Gasteiger partial charge in [-0.3, -0.25) is 14.5 Å². The maximum Gasteiger partial charge on any atom is 0.226 e. The highest BCUT2D eigenvalue weighted by atomic mass is 19.1. The fraction of sp³-hybridized carbons (Fsp3) is 0.500. The summed E-state index contributed by atoms with van der Waals surface area (Å²) in [6.45, 7) is 9.01. The standard InChI is InChI=1S/C28H35FN2O2/c1-19-8-10-22(11-9-19)27(32)16-24-14-26(29)15-25(21(24)3)18-30-12-13-31(20(2)17-30)28(33)23-6-4-5-7-23/h8-11,14-15,20,23H,4-7,12-13,16-18H2,1-3H3/t20-/m0/s1. The maximum atomic E-state index is 14.5. The lowest BCUT2D eigenvalue weighted by Crippen LogP contribution is -2.54. The van der Waals surface area contributed by atoms with E-state index < -0.39 is 0 Å². The second-order valence-corrected chi connectivity index (χ2v) is 9.91. The molecule has 1 amide bonds. The number of aryl methyl sites for hydroxylation is 1. The molecule has 0 N–H and O–H groups in total. The minimum absolute atomic E-state index is 0.00214. The fourth-order valence-electron chi connectivity index (χ4n) is 5.31. The molecule has 176 valence electrons. The fourth-order valence-corrected chi connectivity index (χ4v) is 5.31. The van der Waals surface area contributed by atoms with Crippen LogP contribution in [0, 0.1) is 25.6 Å². The number of carbonyl (C=O) groups is 2. The third kappa shape index (κ3) is 5.52. The zero-order valence-corrected chi connectivity index (χ0v) is 20.1. The van der Waals surface area contributed by atoms with Crippen LogP contribution in [0.3, 0.4) is 0 Å². The van der Waals surface area contributed by atoms with Gasteiger partial charge in [-0.05, 0) is 62.4 Å². The molecular formula is C28H35FN2O2. The lowest BCUT2D eigenvalue weighted by atomic mass is 9.95. The molecule has 0 bridgehead atoms. The molecule has 4 rings (SSSR count). The van der Waals surface area contributed by atoms with E-state index in [1.54, 1.807) is 6.07 Å². The summed E-state index contributed by atoms with van der Waals surface area (Å²) in [7, 11) is 0. The summed E-state index contributed by atoms with van der Waals surface area (Å²) in [6.07, 6.45) is 4.58. The number of halogens is 1. The predicted molar refractivity (Wildman–Crippen MR) is 129 cm³/mol. The van der Waals surface area contributed by atoms with Crippen LogP contribution in [0.5, 0.6) is 0 Å². The number of ketones is 1. The first-order chi connectivity index (χ1) is 15.8. The Balaban J connectivity index is 1.42. The van der Waals surface area contributed by atoms with Gasteiger partial charge >= 0.3 is 0 Å². The van der Waals surface area contributed by atoms with Crippen LogP contribution in [0.25, 0.3) is 0 Å². The summed E-state index contributed by atoms with van der Waals surface area (Å²) in [5, 5.41) is 0. The van der Waals surface area contributed by atoms with Gasteiger partial charge in [-0.25, -0.2) is 4.39 Å². The zero-order valence-electron chi connectivity index (χ0n) is 20.1. The minimum Gasteiger partial charge on any atom is -0.337 e.